The summed E-state index contributed by atoms with van der Waals surface area (Å²) in [6.07, 6.45) is 0. The lowest BCUT2D eigenvalue weighted by molar-refractivity contribution is -0.135. The van der Waals surface area contributed by atoms with Gasteiger partial charge in [-0.2, -0.15) is 0 Å². The fourth-order valence-corrected chi connectivity index (χ4v) is 2.51. The first-order chi connectivity index (χ1) is 9.52. The zero-order valence-corrected chi connectivity index (χ0v) is 12.3. The van der Waals surface area contributed by atoms with Crippen LogP contribution in [0.15, 0.2) is 22.7 Å². The maximum atomic E-state index is 13.2. The summed E-state index contributed by atoms with van der Waals surface area (Å²) < 4.78 is 13.8. The van der Waals surface area contributed by atoms with Crippen molar-refractivity contribution in [3.8, 4) is 0 Å². The van der Waals surface area contributed by atoms with Gasteiger partial charge in [-0.15, -0.1) is 0 Å². The van der Waals surface area contributed by atoms with Crippen LogP contribution in [0.25, 0.3) is 0 Å². The van der Waals surface area contributed by atoms with Gasteiger partial charge in [0.05, 0.1) is 5.56 Å². The molecule has 1 saturated heterocycles. The molecule has 1 aromatic carbocycles. The van der Waals surface area contributed by atoms with E-state index in [9.17, 15) is 14.0 Å². The lowest BCUT2D eigenvalue weighted by atomic mass is 10.1. The molecule has 1 N–H and O–H groups in total. The number of rotatable bonds is 2. The summed E-state index contributed by atoms with van der Waals surface area (Å²) in [6, 6.07) is 3.96. The zero-order valence-electron chi connectivity index (χ0n) is 10.7. The molecule has 0 unspecified atom stereocenters. The number of aliphatic hydroxyl groups is 1. The number of piperazine rings is 1. The highest BCUT2D eigenvalue weighted by molar-refractivity contribution is 9.10. The van der Waals surface area contributed by atoms with E-state index < -0.39 is 12.4 Å². The molecule has 0 aliphatic carbocycles. The number of halogens is 2. The van der Waals surface area contributed by atoms with Crippen LogP contribution in [0.2, 0.25) is 0 Å². The summed E-state index contributed by atoms with van der Waals surface area (Å²) in [7, 11) is 0. The third-order valence-corrected chi connectivity index (χ3v) is 3.91. The summed E-state index contributed by atoms with van der Waals surface area (Å²) in [6.45, 7) is 0.959. The quantitative estimate of drug-likeness (QED) is 0.865. The Balaban J connectivity index is 2.05. The topological polar surface area (TPSA) is 60.9 Å². The van der Waals surface area contributed by atoms with Crippen molar-refractivity contribution in [2.24, 2.45) is 0 Å². The van der Waals surface area contributed by atoms with Gasteiger partial charge in [0.25, 0.3) is 5.91 Å². The number of benzene rings is 1. The summed E-state index contributed by atoms with van der Waals surface area (Å²) in [4.78, 5) is 26.7. The molecule has 108 valence electrons. The molecule has 0 spiro atoms. The van der Waals surface area contributed by atoms with Gasteiger partial charge < -0.3 is 14.9 Å². The van der Waals surface area contributed by atoms with Gasteiger partial charge in [-0.05, 0) is 34.1 Å². The molecule has 7 heteroatoms. The van der Waals surface area contributed by atoms with E-state index in [-0.39, 0.29) is 17.4 Å². The van der Waals surface area contributed by atoms with Crippen LogP contribution in [0.3, 0.4) is 0 Å². The number of hydrogen-bond acceptors (Lipinski definition) is 3. The second-order valence-corrected chi connectivity index (χ2v) is 5.31. The first kappa shape index (κ1) is 14.9. The fourth-order valence-electron chi connectivity index (χ4n) is 2.09. The fraction of sp³-hybridized carbons (Fsp3) is 0.385. The lowest BCUT2D eigenvalue weighted by Gasteiger charge is -2.34. The number of amides is 2. The maximum absolute atomic E-state index is 13.2. The zero-order chi connectivity index (χ0) is 14.7. The van der Waals surface area contributed by atoms with Crippen LogP contribution in [-0.2, 0) is 4.79 Å². The molecule has 2 amide bonds. The van der Waals surface area contributed by atoms with Gasteiger partial charge in [-0.3, -0.25) is 9.59 Å². The van der Waals surface area contributed by atoms with Crippen molar-refractivity contribution in [3.63, 3.8) is 0 Å². The standard InChI is InChI=1S/C13H14BrFN2O3/c14-11-2-1-9(15)7-10(11)13(20)17-5-3-16(4-6-17)12(19)8-18/h1-2,7,18H,3-6,8H2. The molecule has 0 bridgehead atoms. The smallest absolute Gasteiger partial charge is 0.255 e. The summed E-state index contributed by atoms with van der Waals surface area (Å²) in [5.74, 6) is -1.08. The van der Waals surface area contributed by atoms with Gasteiger partial charge in [0, 0.05) is 30.7 Å². The third-order valence-electron chi connectivity index (χ3n) is 3.21. The number of carbonyl (C=O) groups excluding carboxylic acids is 2. The average molecular weight is 345 g/mol. The van der Waals surface area contributed by atoms with E-state index >= 15 is 0 Å². The molecular weight excluding hydrogens is 331 g/mol. The second-order valence-electron chi connectivity index (χ2n) is 4.46. The molecule has 0 aromatic heterocycles. The van der Waals surface area contributed by atoms with E-state index in [0.29, 0.717) is 30.7 Å². The van der Waals surface area contributed by atoms with Crippen molar-refractivity contribution < 1.29 is 19.1 Å². The van der Waals surface area contributed by atoms with E-state index in [1.807, 2.05) is 0 Å². The Morgan fingerprint density at radius 2 is 1.80 bits per heavy atom. The van der Waals surface area contributed by atoms with Gasteiger partial charge in [0.1, 0.15) is 12.4 Å². The molecule has 5 nitrogen and oxygen atoms in total. The average Bonchev–Trinajstić information content (AvgIpc) is 2.48. The van der Waals surface area contributed by atoms with Crippen LogP contribution in [0.4, 0.5) is 4.39 Å². The van der Waals surface area contributed by atoms with E-state index in [1.54, 1.807) is 4.90 Å². The van der Waals surface area contributed by atoms with Crippen LogP contribution in [-0.4, -0.2) is 59.5 Å². The Labute approximate surface area is 124 Å². The highest BCUT2D eigenvalue weighted by atomic mass is 79.9. The van der Waals surface area contributed by atoms with Crippen LogP contribution < -0.4 is 0 Å². The van der Waals surface area contributed by atoms with Crippen LogP contribution in [0.5, 0.6) is 0 Å². The Morgan fingerprint density at radius 3 is 2.40 bits per heavy atom. The first-order valence-electron chi connectivity index (χ1n) is 6.16. The molecule has 20 heavy (non-hydrogen) atoms. The highest BCUT2D eigenvalue weighted by Crippen LogP contribution is 2.20. The van der Waals surface area contributed by atoms with E-state index in [4.69, 9.17) is 5.11 Å². The minimum Gasteiger partial charge on any atom is -0.387 e. The Bertz CT molecular complexity index is 530. The van der Waals surface area contributed by atoms with E-state index in [0.717, 1.165) is 0 Å². The summed E-state index contributed by atoms with van der Waals surface area (Å²) in [5, 5.41) is 8.79. The minimum absolute atomic E-state index is 0.270. The molecule has 0 radical (unpaired) electrons. The van der Waals surface area contributed by atoms with Crippen molar-refractivity contribution in [1.29, 1.82) is 0 Å². The number of hydrogen-bond donors (Lipinski definition) is 1. The number of nitrogens with zero attached hydrogens (tertiary/aromatic N) is 2. The van der Waals surface area contributed by atoms with Crippen molar-refractivity contribution in [3.05, 3.63) is 34.1 Å². The third kappa shape index (κ3) is 3.16. The summed E-state index contributed by atoms with van der Waals surface area (Å²) >= 11 is 3.23. The Kier molecular flexibility index (Phi) is 4.72. The van der Waals surface area contributed by atoms with E-state index in [1.165, 1.54) is 23.1 Å². The molecule has 1 aliphatic heterocycles. The predicted molar refractivity (Wildman–Crippen MR) is 73.7 cm³/mol. The van der Waals surface area contributed by atoms with Gasteiger partial charge in [0.2, 0.25) is 5.91 Å². The predicted octanol–water partition coefficient (Wildman–Crippen LogP) is 0.865. The Hall–Kier alpha value is -1.47. The summed E-state index contributed by atoms with van der Waals surface area (Å²) in [5.41, 5.74) is 0.270. The molecule has 1 fully saturated rings. The maximum Gasteiger partial charge on any atom is 0.255 e. The Morgan fingerprint density at radius 1 is 1.20 bits per heavy atom. The van der Waals surface area contributed by atoms with Crippen molar-refractivity contribution in [1.82, 2.24) is 9.80 Å². The molecule has 2 rings (SSSR count). The van der Waals surface area contributed by atoms with E-state index in [2.05, 4.69) is 15.9 Å². The molecule has 1 aromatic rings. The molecule has 0 saturated carbocycles. The van der Waals surface area contributed by atoms with Gasteiger partial charge >= 0.3 is 0 Å². The molecule has 0 atom stereocenters. The van der Waals surface area contributed by atoms with Crippen LogP contribution in [0, 0.1) is 5.82 Å². The SMILES string of the molecule is O=C(CO)N1CCN(C(=O)c2cc(F)ccc2Br)CC1. The van der Waals surface area contributed by atoms with Crippen molar-refractivity contribution >= 4 is 27.7 Å². The van der Waals surface area contributed by atoms with Crippen molar-refractivity contribution in [2.75, 3.05) is 32.8 Å². The van der Waals surface area contributed by atoms with Crippen molar-refractivity contribution in [2.45, 2.75) is 0 Å². The molecule has 1 aliphatic rings. The van der Waals surface area contributed by atoms with Gasteiger partial charge in [0.15, 0.2) is 0 Å². The van der Waals surface area contributed by atoms with Crippen LogP contribution >= 0.6 is 15.9 Å². The normalized spacial score (nSPS) is 15.3. The monoisotopic (exact) mass is 344 g/mol. The highest BCUT2D eigenvalue weighted by Gasteiger charge is 2.25. The van der Waals surface area contributed by atoms with Crippen LogP contribution in [0.1, 0.15) is 10.4 Å². The number of carbonyl (C=O) groups is 2. The molecule has 1 heterocycles. The first-order valence-corrected chi connectivity index (χ1v) is 6.95. The number of aliphatic hydroxyl groups excluding tert-OH is 1. The van der Waals surface area contributed by atoms with Gasteiger partial charge in [-0.25, -0.2) is 4.39 Å². The van der Waals surface area contributed by atoms with Gasteiger partial charge in [-0.1, -0.05) is 0 Å². The lowest BCUT2D eigenvalue weighted by Crippen LogP contribution is -2.51. The molecular formula is C13H14BrFN2O3. The largest absolute Gasteiger partial charge is 0.387 e. The minimum atomic E-state index is -0.524. The second kappa shape index (κ2) is 6.32.